The summed E-state index contributed by atoms with van der Waals surface area (Å²) in [7, 11) is 1.58. The average molecular weight is 724 g/mol. The number of methoxy groups -OCH3 is 1. The second-order valence-electron chi connectivity index (χ2n) is 11.6. The van der Waals surface area contributed by atoms with E-state index in [9.17, 15) is 9.59 Å². The summed E-state index contributed by atoms with van der Waals surface area (Å²) in [6.07, 6.45) is 1.81. The minimum atomic E-state index is -0.742. The number of thiazole rings is 1. The first-order valence-electron chi connectivity index (χ1n) is 15.7. The summed E-state index contributed by atoms with van der Waals surface area (Å²) in [5.74, 6) is 0.911. The fraction of sp³-hybridized carbons (Fsp3) is 0.205. The van der Waals surface area contributed by atoms with E-state index in [-0.39, 0.29) is 12.2 Å². The Labute approximate surface area is 291 Å². The van der Waals surface area contributed by atoms with E-state index in [1.54, 1.807) is 18.6 Å². The van der Waals surface area contributed by atoms with Gasteiger partial charge in [-0.25, -0.2) is 9.79 Å². The molecule has 0 fully saturated rings. The summed E-state index contributed by atoms with van der Waals surface area (Å²) in [5.41, 5.74) is 5.04. The Morgan fingerprint density at radius 2 is 1.69 bits per heavy atom. The van der Waals surface area contributed by atoms with E-state index < -0.39 is 12.0 Å². The lowest BCUT2D eigenvalue weighted by Gasteiger charge is -2.26. The van der Waals surface area contributed by atoms with Gasteiger partial charge in [-0.05, 0) is 69.2 Å². The standard InChI is InChI=1S/C39H35BrN2O5S/c1-5-46-38(44)33-34(28-14-10-7-11-15-28)41-39-42(35(33)29-18-16-27(17-19-29)24(2)3)37(43)32(48-39)22-26-20-30(40)36(31(21-26)45-4)47-23-25-12-8-6-9-13-25/h6-22,24,35H,5,23H2,1-4H3/b32-22-/t35-/m0/s1. The van der Waals surface area contributed by atoms with Crippen LogP contribution < -0.4 is 24.4 Å². The van der Waals surface area contributed by atoms with Gasteiger partial charge in [-0.3, -0.25) is 9.36 Å². The molecule has 0 aliphatic carbocycles. The van der Waals surface area contributed by atoms with Crippen LogP contribution in [0.1, 0.15) is 60.5 Å². The van der Waals surface area contributed by atoms with Crippen LogP contribution in [0, 0.1) is 0 Å². The third-order valence-electron chi connectivity index (χ3n) is 8.07. The Morgan fingerprint density at radius 3 is 2.33 bits per heavy atom. The van der Waals surface area contributed by atoms with Crippen molar-refractivity contribution in [3.63, 3.8) is 0 Å². The Balaban J connectivity index is 1.51. The van der Waals surface area contributed by atoms with Gasteiger partial charge in [0.2, 0.25) is 0 Å². The molecular weight excluding hydrogens is 688 g/mol. The smallest absolute Gasteiger partial charge is 0.338 e. The third-order valence-corrected chi connectivity index (χ3v) is 9.64. The number of carbonyl (C=O) groups is 1. The van der Waals surface area contributed by atoms with Gasteiger partial charge < -0.3 is 14.2 Å². The Morgan fingerprint density at radius 1 is 1.00 bits per heavy atom. The van der Waals surface area contributed by atoms with Gasteiger partial charge in [0.05, 0.1) is 40.0 Å². The van der Waals surface area contributed by atoms with Crippen molar-refractivity contribution < 1.29 is 19.0 Å². The molecule has 1 aliphatic heterocycles. The second-order valence-corrected chi connectivity index (χ2v) is 13.4. The van der Waals surface area contributed by atoms with Gasteiger partial charge in [-0.15, -0.1) is 0 Å². The van der Waals surface area contributed by atoms with Gasteiger partial charge in [0.15, 0.2) is 16.3 Å². The molecule has 0 spiro atoms. The summed E-state index contributed by atoms with van der Waals surface area (Å²) in [6, 6.07) is 30.5. The normalized spacial score (nSPS) is 14.5. The molecule has 48 heavy (non-hydrogen) atoms. The van der Waals surface area contributed by atoms with Crippen molar-refractivity contribution in [2.75, 3.05) is 13.7 Å². The lowest BCUT2D eigenvalue weighted by molar-refractivity contribution is -0.138. The summed E-state index contributed by atoms with van der Waals surface area (Å²) in [4.78, 5) is 33.5. The van der Waals surface area contributed by atoms with Crippen LogP contribution in [-0.2, 0) is 16.1 Å². The first-order valence-corrected chi connectivity index (χ1v) is 17.3. The minimum absolute atomic E-state index is 0.190. The zero-order chi connectivity index (χ0) is 33.8. The number of ether oxygens (including phenoxy) is 3. The highest BCUT2D eigenvalue weighted by Crippen LogP contribution is 2.38. The molecule has 0 saturated heterocycles. The predicted octanol–water partition coefficient (Wildman–Crippen LogP) is 7.41. The van der Waals surface area contributed by atoms with Crippen molar-refractivity contribution in [3.05, 3.63) is 155 Å². The number of aromatic nitrogens is 1. The highest BCUT2D eigenvalue weighted by atomic mass is 79.9. The van der Waals surface area contributed by atoms with E-state index in [1.807, 2.05) is 103 Å². The number of nitrogens with zero attached hydrogens (tertiary/aromatic N) is 2. The minimum Gasteiger partial charge on any atom is -0.493 e. The number of esters is 1. The van der Waals surface area contributed by atoms with Crippen molar-refractivity contribution in [2.45, 2.75) is 39.3 Å². The SMILES string of the molecule is CCOC(=O)C1=C(c2ccccc2)N=c2s/c(=C\c3cc(Br)c(OCc4ccccc4)c(OC)c3)c(=O)n2[C@H]1c1ccc(C(C)C)cc1. The molecule has 0 saturated carbocycles. The van der Waals surface area contributed by atoms with E-state index >= 15 is 0 Å². The van der Waals surface area contributed by atoms with Crippen LogP contribution in [0.15, 0.2) is 117 Å². The molecule has 5 aromatic rings. The molecule has 0 unspecified atom stereocenters. The molecule has 0 N–H and O–H groups in total. The first-order chi connectivity index (χ1) is 23.3. The lowest BCUT2D eigenvalue weighted by atomic mass is 9.91. The van der Waals surface area contributed by atoms with Gasteiger partial charge in [0.25, 0.3) is 5.56 Å². The molecule has 1 aromatic heterocycles. The van der Waals surface area contributed by atoms with E-state index in [0.717, 1.165) is 27.8 Å². The van der Waals surface area contributed by atoms with Crippen LogP contribution in [0.5, 0.6) is 11.5 Å². The number of hydrogen-bond acceptors (Lipinski definition) is 7. The Kier molecular flexibility index (Phi) is 10.1. The number of carbonyl (C=O) groups excluding carboxylic acids is 1. The van der Waals surface area contributed by atoms with Crippen molar-refractivity contribution in [1.29, 1.82) is 0 Å². The number of hydrogen-bond donors (Lipinski definition) is 0. The van der Waals surface area contributed by atoms with Gasteiger partial charge in [0, 0.05) is 5.56 Å². The highest BCUT2D eigenvalue weighted by Gasteiger charge is 2.35. The van der Waals surface area contributed by atoms with Crippen LogP contribution in [0.3, 0.4) is 0 Å². The van der Waals surface area contributed by atoms with Crippen molar-refractivity contribution in [2.24, 2.45) is 4.99 Å². The summed E-state index contributed by atoms with van der Waals surface area (Å²) < 4.78 is 20.2. The van der Waals surface area contributed by atoms with Gasteiger partial charge in [-0.1, -0.05) is 110 Å². The fourth-order valence-corrected chi connectivity index (χ4v) is 7.24. The fourth-order valence-electron chi connectivity index (χ4n) is 5.66. The zero-order valence-corrected chi connectivity index (χ0v) is 29.5. The number of benzene rings is 4. The second kappa shape index (κ2) is 14.6. The Hall–Kier alpha value is -4.73. The topological polar surface area (TPSA) is 79.1 Å². The van der Waals surface area contributed by atoms with E-state index in [1.165, 1.54) is 11.3 Å². The molecule has 0 bridgehead atoms. The van der Waals surface area contributed by atoms with Gasteiger partial charge >= 0.3 is 5.97 Å². The van der Waals surface area contributed by atoms with Crippen molar-refractivity contribution in [3.8, 4) is 11.5 Å². The molecule has 0 radical (unpaired) electrons. The summed E-state index contributed by atoms with van der Waals surface area (Å²) >= 11 is 4.92. The molecule has 0 amide bonds. The molecule has 244 valence electrons. The van der Waals surface area contributed by atoms with Crippen LogP contribution in [0.4, 0.5) is 0 Å². The quantitative estimate of drug-likeness (QED) is 0.140. The van der Waals surface area contributed by atoms with E-state index in [4.69, 9.17) is 19.2 Å². The average Bonchev–Trinajstić information content (AvgIpc) is 3.41. The van der Waals surface area contributed by atoms with Gasteiger partial charge in [-0.2, -0.15) is 0 Å². The molecular formula is C39H35BrN2O5S. The molecule has 7 nitrogen and oxygen atoms in total. The number of fused-ring (bicyclic) bond motifs is 1. The largest absolute Gasteiger partial charge is 0.493 e. The summed E-state index contributed by atoms with van der Waals surface area (Å²) in [5, 5.41) is 0. The first kappa shape index (κ1) is 33.2. The molecule has 1 aliphatic rings. The predicted molar refractivity (Wildman–Crippen MR) is 193 cm³/mol. The highest BCUT2D eigenvalue weighted by molar-refractivity contribution is 9.10. The molecule has 2 heterocycles. The Bertz CT molecular complexity index is 2150. The summed E-state index contributed by atoms with van der Waals surface area (Å²) in [6.45, 7) is 6.59. The maximum atomic E-state index is 14.4. The van der Waals surface area contributed by atoms with Crippen LogP contribution in [0.2, 0.25) is 0 Å². The zero-order valence-electron chi connectivity index (χ0n) is 27.1. The van der Waals surface area contributed by atoms with Gasteiger partial charge in [0.1, 0.15) is 6.61 Å². The maximum absolute atomic E-state index is 14.4. The van der Waals surface area contributed by atoms with Crippen molar-refractivity contribution in [1.82, 2.24) is 4.57 Å². The van der Waals surface area contributed by atoms with E-state index in [0.29, 0.717) is 49.1 Å². The monoisotopic (exact) mass is 722 g/mol. The van der Waals surface area contributed by atoms with Crippen LogP contribution >= 0.6 is 27.3 Å². The number of rotatable bonds is 10. The number of halogens is 1. The van der Waals surface area contributed by atoms with Crippen LogP contribution in [0.25, 0.3) is 11.8 Å². The molecule has 4 aromatic carbocycles. The lowest BCUT2D eigenvalue weighted by Crippen LogP contribution is -2.40. The third kappa shape index (κ3) is 6.79. The molecule has 1 atom stereocenters. The molecule has 9 heteroatoms. The van der Waals surface area contributed by atoms with E-state index in [2.05, 4.69) is 29.8 Å². The van der Waals surface area contributed by atoms with Crippen molar-refractivity contribution >= 4 is 45.0 Å². The molecule has 6 rings (SSSR count). The van der Waals surface area contributed by atoms with Crippen LogP contribution in [-0.4, -0.2) is 24.3 Å². The maximum Gasteiger partial charge on any atom is 0.338 e.